The first-order chi connectivity index (χ1) is 13.0. The minimum atomic E-state index is -0.532. The summed E-state index contributed by atoms with van der Waals surface area (Å²) in [5.41, 5.74) is 0.777. The number of nitrogens with one attached hydrogen (secondary N) is 2. The molecule has 0 atom stereocenters. The molecule has 0 spiro atoms. The molecule has 0 heterocycles. The molecule has 2 amide bonds. The molecule has 0 bridgehead atoms. The van der Waals surface area contributed by atoms with Gasteiger partial charge in [0.1, 0.15) is 5.75 Å². The van der Waals surface area contributed by atoms with Gasteiger partial charge >= 0.3 is 0 Å². The highest BCUT2D eigenvalue weighted by Gasteiger charge is 2.10. The Labute approximate surface area is 156 Å². The molecule has 0 saturated heterocycles. The van der Waals surface area contributed by atoms with Gasteiger partial charge in [-0.3, -0.25) is 19.7 Å². The van der Waals surface area contributed by atoms with Crippen molar-refractivity contribution < 1.29 is 19.2 Å². The maximum atomic E-state index is 11.9. The van der Waals surface area contributed by atoms with Crippen molar-refractivity contribution in [1.29, 1.82) is 0 Å². The number of benzene rings is 2. The highest BCUT2D eigenvalue weighted by atomic mass is 16.6. The minimum Gasteiger partial charge on any atom is -0.494 e. The summed E-state index contributed by atoms with van der Waals surface area (Å²) in [4.78, 5) is 34.1. The van der Waals surface area contributed by atoms with Crippen LogP contribution in [0, 0.1) is 10.1 Å². The standard InChI is InChI=1S/C19H19N3O5/c1-2-27-16-10-8-15(9-11-16)21-19(24)13-20-18(23)12-7-14-5-3-4-6-17(14)22(25)26/h3-12H,2,13H2,1H3,(H,20,23)(H,21,24)/b12-7+. The van der Waals surface area contributed by atoms with Crippen molar-refractivity contribution in [3.05, 3.63) is 70.3 Å². The third-order valence-electron chi connectivity index (χ3n) is 3.42. The number of hydrogen-bond donors (Lipinski definition) is 2. The molecule has 2 rings (SSSR count). The van der Waals surface area contributed by atoms with E-state index in [0.717, 1.165) is 6.08 Å². The molecular formula is C19H19N3O5. The van der Waals surface area contributed by atoms with Crippen molar-refractivity contribution in [3.8, 4) is 5.75 Å². The SMILES string of the molecule is CCOc1ccc(NC(=O)CNC(=O)/C=C/c2ccccc2[N+](=O)[O-])cc1. The summed E-state index contributed by atoms with van der Waals surface area (Å²) >= 11 is 0. The van der Waals surface area contributed by atoms with Crippen LogP contribution in [0.15, 0.2) is 54.6 Å². The third kappa shape index (κ3) is 6.28. The number of carbonyl (C=O) groups excluding carboxylic acids is 2. The fourth-order valence-corrected chi connectivity index (χ4v) is 2.19. The molecule has 27 heavy (non-hydrogen) atoms. The fourth-order valence-electron chi connectivity index (χ4n) is 2.19. The molecule has 0 unspecified atom stereocenters. The Bertz CT molecular complexity index is 847. The van der Waals surface area contributed by atoms with E-state index in [1.54, 1.807) is 36.4 Å². The van der Waals surface area contributed by atoms with Crippen molar-refractivity contribution in [1.82, 2.24) is 5.32 Å². The number of rotatable bonds is 8. The van der Waals surface area contributed by atoms with E-state index in [1.807, 2.05) is 6.92 Å². The number of ether oxygens (including phenoxy) is 1. The van der Waals surface area contributed by atoms with Crippen molar-refractivity contribution in [2.45, 2.75) is 6.92 Å². The highest BCUT2D eigenvalue weighted by Crippen LogP contribution is 2.18. The molecule has 0 fully saturated rings. The van der Waals surface area contributed by atoms with E-state index in [0.29, 0.717) is 23.6 Å². The average molecular weight is 369 g/mol. The lowest BCUT2D eigenvalue weighted by atomic mass is 10.1. The normalized spacial score (nSPS) is 10.4. The summed E-state index contributed by atoms with van der Waals surface area (Å²) in [7, 11) is 0. The predicted octanol–water partition coefficient (Wildman–Crippen LogP) is 2.76. The van der Waals surface area contributed by atoms with Gasteiger partial charge in [-0.15, -0.1) is 0 Å². The first kappa shape index (κ1) is 19.6. The van der Waals surface area contributed by atoms with E-state index in [1.165, 1.54) is 18.2 Å². The van der Waals surface area contributed by atoms with Crippen molar-refractivity contribution in [3.63, 3.8) is 0 Å². The fraction of sp³-hybridized carbons (Fsp3) is 0.158. The molecule has 0 radical (unpaired) electrons. The van der Waals surface area contributed by atoms with Crippen molar-refractivity contribution >= 4 is 29.3 Å². The Kier molecular flexibility index (Phi) is 7.07. The van der Waals surface area contributed by atoms with Gasteiger partial charge in [0.15, 0.2) is 0 Å². The van der Waals surface area contributed by atoms with Gasteiger partial charge in [0.25, 0.3) is 5.69 Å². The minimum absolute atomic E-state index is 0.102. The zero-order valence-electron chi connectivity index (χ0n) is 14.7. The number of hydrogen-bond acceptors (Lipinski definition) is 5. The van der Waals surface area contributed by atoms with Gasteiger partial charge in [-0.2, -0.15) is 0 Å². The molecule has 8 nitrogen and oxygen atoms in total. The van der Waals surface area contributed by atoms with Crippen LogP contribution in [-0.4, -0.2) is 29.9 Å². The van der Waals surface area contributed by atoms with Crippen LogP contribution in [-0.2, 0) is 9.59 Å². The van der Waals surface area contributed by atoms with Crippen LogP contribution in [0.1, 0.15) is 12.5 Å². The summed E-state index contributed by atoms with van der Waals surface area (Å²) in [5.74, 6) is -0.231. The molecule has 0 aromatic heterocycles. The maximum Gasteiger partial charge on any atom is 0.276 e. The van der Waals surface area contributed by atoms with Crippen molar-refractivity contribution in [2.75, 3.05) is 18.5 Å². The van der Waals surface area contributed by atoms with E-state index < -0.39 is 16.7 Å². The van der Waals surface area contributed by atoms with Crippen LogP contribution >= 0.6 is 0 Å². The quantitative estimate of drug-likeness (QED) is 0.422. The average Bonchev–Trinajstić information content (AvgIpc) is 2.66. The van der Waals surface area contributed by atoms with E-state index >= 15 is 0 Å². The summed E-state index contributed by atoms with van der Waals surface area (Å²) in [6.07, 6.45) is 2.48. The summed E-state index contributed by atoms with van der Waals surface area (Å²) in [6.45, 7) is 2.20. The largest absolute Gasteiger partial charge is 0.494 e. The van der Waals surface area contributed by atoms with Gasteiger partial charge in [-0.05, 0) is 43.3 Å². The first-order valence-electron chi connectivity index (χ1n) is 8.21. The van der Waals surface area contributed by atoms with Gasteiger partial charge in [0.05, 0.1) is 23.6 Å². The number of amides is 2. The van der Waals surface area contributed by atoms with Crippen LogP contribution in [0.2, 0.25) is 0 Å². The van der Waals surface area contributed by atoms with Gasteiger partial charge in [0.2, 0.25) is 11.8 Å². The number of nitro groups is 1. The summed E-state index contributed by atoms with van der Waals surface area (Å²) < 4.78 is 5.31. The van der Waals surface area contributed by atoms with Crippen LogP contribution in [0.3, 0.4) is 0 Å². The Hall–Kier alpha value is -3.68. The smallest absolute Gasteiger partial charge is 0.276 e. The molecule has 0 aliphatic rings. The Morgan fingerprint density at radius 2 is 1.85 bits per heavy atom. The highest BCUT2D eigenvalue weighted by molar-refractivity contribution is 5.98. The third-order valence-corrected chi connectivity index (χ3v) is 3.42. The molecule has 140 valence electrons. The molecule has 2 aromatic rings. The number of nitrogens with zero attached hydrogens (tertiary/aromatic N) is 1. The Morgan fingerprint density at radius 1 is 1.15 bits per heavy atom. The molecule has 0 aliphatic heterocycles. The Balaban J connectivity index is 1.84. The van der Waals surface area contributed by atoms with Crippen LogP contribution < -0.4 is 15.4 Å². The van der Waals surface area contributed by atoms with Gasteiger partial charge < -0.3 is 15.4 Å². The first-order valence-corrected chi connectivity index (χ1v) is 8.21. The Morgan fingerprint density at radius 3 is 2.52 bits per heavy atom. The number of anilines is 1. The second-order valence-corrected chi connectivity index (χ2v) is 5.37. The molecule has 2 aromatic carbocycles. The summed E-state index contributed by atoms with van der Waals surface area (Å²) in [5, 5.41) is 16.0. The molecule has 0 aliphatic carbocycles. The topological polar surface area (TPSA) is 111 Å². The maximum absolute atomic E-state index is 11.9. The van der Waals surface area contributed by atoms with Gasteiger partial charge in [-0.25, -0.2) is 0 Å². The van der Waals surface area contributed by atoms with E-state index in [9.17, 15) is 19.7 Å². The molecule has 2 N–H and O–H groups in total. The van der Waals surface area contributed by atoms with E-state index in [-0.39, 0.29) is 12.2 Å². The number of carbonyl (C=O) groups is 2. The van der Waals surface area contributed by atoms with Gasteiger partial charge in [0, 0.05) is 17.8 Å². The number of para-hydroxylation sites is 1. The monoisotopic (exact) mass is 369 g/mol. The molecule has 0 saturated carbocycles. The lowest BCUT2D eigenvalue weighted by Crippen LogP contribution is -2.31. The van der Waals surface area contributed by atoms with Crippen LogP contribution in [0.5, 0.6) is 5.75 Å². The zero-order valence-corrected chi connectivity index (χ0v) is 14.7. The molecule has 8 heteroatoms. The van der Waals surface area contributed by atoms with Crippen LogP contribution in [0.25, 0.3) is 6.08 Å². The van der Waals surface area contributed by atoms with Crippen molar-refractivity contribution in [2.24, 2.45) is 0 Å². The number of nitro benzene ring substituents is 1. The zero-order chi connectivity index (χ0) is 19.6. The second-order valence-electron chi connectivity index (χ2n) is 5.37. The summed E-state index contributed by atoms with van der Waals surface area (Å²) in [6, 6.07) is 12.9. The predicted molar refractivity (Wildman–Crippen MR) is 101 cm³/mol. The van der Waals surface area contributed by atoms with E-state index in [2.05, 4.69) is 10.6 Å². The second kappa shape index (κ2) is 9.71. The van der Waals surface area contributed by atoms with E-state index in [4.69, 9.17) is 4.74 Å². The molecular weight excluding hydrogens is 350 g/mol. The lowest BCUT2D eigenvalue weighted by molar-refractivity contribution is -0.385. The van der Waals surface area contributed by atoms with Crippen LogP contribution in [0.4, 0.5) is 11.4 Å². The van der Waals surface area contributed by atoms with Gasteiger partial charge in [-0.1, -0.05) is 12.1 Å². The lowest BCUT2D eigenvalue weighted by Gasteiger charge is -2.07.